The normalized spacial score (nSPS) is 10.2. The van der Waals surface area contributed by atoms with E-state index >= 15 is 0 Å². The van der Waals surface area contributed by atoms with Gasteiger partial charge in [-0.1, -0.05) is 77.7 Å². The first kappa shape index (κ1) is 23.1. The van der Waals surface area contributed by atoms with Crippen LogP contribution in [0.1, 0.15) is 84.5 Å². The molecule has 0 aromatic rings. The van der Waals surface area contributed by atoms with Crippen molar-refractivity contribution in [1.82, 2.24) is 10.9 Å². The van der Waals surface area contributed by atoms with Crippen molar-refractivity contribution in [3.05, 3.63) is 12.2 Å². The first-order valence-electron chi connectivity index (χ1n) is 9.42. The molecular weight excluding hydrogens is 320 g/mol. The first-order chi connectivity index (χ1) is 12.0. The van der Waals surface area contributed by atoms with Gasteiger partial charge >= 0.3 is 11.9 Å². The average molecular weight is 354 g/mol. The molecule has 0 aliphatic heterocycles. The van der Waals surface area contributed by atoms with Crippen LogP contribution in [0.3, 0.4) is 0 Å². The van der Waals surface area contributed by atoms with E-state index in [0.29, 0.717) is 0 Å². The molecule has 0 saturated carbocycles. The van der Waals surface area contributed by atoms with E-state index in [1.807, 2.05) is 5.43 Å². The van der Waals surface area contributed by atoms with Crippen molar-refractivity contribution in [3.63, 3.8) is 0 Å². The van der Waals surface area contributed by atoms with Crippen LogP contribution < -0.4 is 10.9 Å². The van der Waals surface area contributed by atoms with Gasteiger partial charge in [0.25, 0.3) is 5.91 Å². The van der Waals surface area contributed by atoms with Crippen molar-refractivity contribution in [2.75, 3.05) is 6.61 Å². The molecule has 0 bridgehead atoms. The number of amides is 2. The molecule has 0 aromatic carbocycles. The molecule has 25 heavy (non-hydrogen) atoms. The minimum absolute atomic E-state index is 0.220. The second-order valence-electron chi connectivity index (χ2n) is 6.36. The summed E-state index contributed by atoms with van der Waals surface area (Å²) in [6.07, 6.45) is 13.3. The molecule has 0 aliphatic carbocycles. The van der Waals surface area contributed by atoms with Crippen LogP contribution in [0.5, 0.6) is 0 Å². The maximum Gasteiger partial charge on any atom is 0.398 e. The van der Waals surface area contributed by atoms with Gasteiger partial charge < -0.3 is 4.74 Å². The van der Waals surface area contributed by atoms with Crippen molar-refractivity contribution in [1.29, 1.82) is 0 Å². The van der Waals surface area contributed by atoms with Crippen molar-refractivity contribution in [2.24, 2.45) is 0 Å². The minimum atomic E-state index is -0.992. The summed E-state index contributed by atoms with van der Waals surface area (Å²) in [6.45, 7) is 7.35. The van der Waals surface area contributed by atoms with E-state index in [0.717, 1.165) is 19.3 Å². The first-order valence-corrected chi connectivity index (χ1v) is 9.42. The van der Waals surface area contributed by atoms with Gasteiger partial charge in [0, 0.05) is 5.57 Å². The molecule has 0 spiro atoms. The van der Waals surface area contributed by atoms with Crippen LogP contribution in [0.2, 0.25) is 0 Å². The molecule has 144 valence electrons. The predicted molar refractivity (Wildman–Crippen MR) is 98.5 cm³/mol. The lowest BCUT2D eigenvalue weighted by molar-refractivity contribution is -0.155. The summed E-state index contributed by atoms with van der Waals surface area (Å²) in [5.74, 6) is -2.53. The van der Waals surface area contributed by atoms with Crippen LogP contribution in [0.4, 0.5) is 0 Å². The number of hydrogen-bond donors (Lipinski definition) is 2. The van der Waals surface area contributed by atoms with E-state index in [1.165, 1.54) is 58.3 Å². The van der Waals surface area contributed by atoms with Gasteiger partial charge in [0.15, 0.2) is 0 Å². The van der Waals surface area contributed by atoms with Gasteiger partial charge in [0.1, 0.15) is 0 Å². The average Bonchev–Trinajstić information content (AvgIpc) is 2.59. The second-order valence-corrected chi connectivity index (χ2v) is 6.36. The minimum Gasteiger partial charge on any atom is -0.459 e. The Kier molecular flexibility index (Phi) is 14.5. The molecule has 0 atom stereocenters. The highest BCUT2D eigenvalue weighted by Gasteiger charge is 2.15. The summed E-state index contributed by atoms with van der Waals surface area (Å²) in [5, 5.41) is 0. The molecule has 0 radical (unpaired) electrons. The van der Waals surface area contributed by atoms with Gasteiger partial charge in [-0.3, -0.25) is 20.4 Å². The Morgan fingerprint density at radius 2 is 1.20 bits per heavy atom. The Morgan fingerprint density at radius 1 is 0.760 bits per heavy atom. The highest BCUT2D eigenvalue weighted by atomic mass is 16.5. The van der Waals surface area contributed by atoms with Crippen LogP contribution in [0.15, 0.2) is 12.2 Å². The van der Waals surface area contributed by atoms with Gasteiger partial charge in [-0.2, -0.15) is 0 Å². The van der Waals surface area contributed by atoms with Crippen LogP contribution >= 0.6 is 0 Å². The largest absolute Gasteiger partial charge is 0.459 e. The highest BCUT2D eigenvalue weighted by Crippen LogP contribution is 2.11. The van der Waals surface area contributed by atoms with Gasteiger partial charge in [-0.25, -0.2) is 4.79 Å². The smallest absolute Gasteiger partial charge is 0.398 e. The lowest BCUT2D eigenvalue weighted by Crippen LogP contribution is -2.45. The van der Waals surface area contributed by atoms with Crippen LogP contribution in [0.25, 0.3) is 0 Å². The topological polar surface area (TPSA) is 84.5 Å². The van der Waals surface area contributed by atoms with E-state index in [1.54, 1.807) is 0 Å². The number of esters is 1. The van der Waals surface area contributed by atoms with E-state index in [9.17, 15) is 14.4 Å². The SMILES string of the molecule is C=C(C)C(=O)NNC(=O)C(=O)OCCCCCCCCCCCCC. The fourth-order valence-electron chi connectivity index (χ4n) is 2.27. The van der Waals surface area contributed by atoms with Crippen LogP contribution in [-0.2, 0) is 19.1 Å². The maximum atomic E-state index is 11.4. The molecule has 0 unspecified atom stereocenters. The third-order valence-electron chi connectivity index (χ3n) is 3.84. The molecule has 2 amide bonds. The number of unbranched alkanes of at least 4 members (excludes halogenated alkanes) is 10. The number of ether oxygens (including phenoxy) is 1. The number of hydrazine groups is 1. The number of carbonyl (C=O) groups is 3. The summed E-state index contributed by atoms with van der Waals surface area (Å²) < 4.78 is 4.85. The summed E-state index contributed by atoms with van der Waals surface area (Å²) in [4.78, 5) is 33.9. The fourth-order valence-corrected chi connectivity index (χ4v) is 2.27. The summed E-state index contributed by atoms with van der Waals surface area (Å²) in [6, 6.07) is 0. The third-order valence-corrected chi connectivity index (χ3v) is 3.84. The van der Waals surface area contributed by atoms with E-state index in [4.69, 9.17) is 4.74 Å². The lowest BCUT2D eigenvalue weighted by atomic mass is 10.1. The second kappa shape index (κ2) is 15.7. The predicted octanol–water partition coefficient (Wildman–Crippen LogP) is 3.56. The molecule has 0 aromatic heterocycles. The molecule has 6 heteroatoms. The molecule has 0 aliphatic rings. The molecule has 2 N–H and O–H groups in total. The Morgan fingerprint density at radius 3 is 1.68 bits per heavy atom. The lowest BCUT2D eigenvalue weighted by Gasteiger charge is -2.07. The Hall–Kier alpha value is -1.85. The number of hydrogen-bond acceptors (Lipinski definition) is 4. The zero-order valence-electron chi connectivity index (χ0n) is 15.8. The van der Waals surface area contributed by atoms with E-state index in [-0.39, 0.29) is 12.2 Å². The maximum absolute atomic E-state index is 11.4. The molecular formula is C19H34N2O4. The van der Waals surface area contributed by atoms with Gasteiger partial charge in [-0.05, 0) is 13.3 Å². The van der Waals surface area contributed by atoms with Crippen molar-refractivity contribution >= 4 is 17.8 Å². The number of carbonyl (C=O) groups excluding carboxylic acids is 3. The van der Waals surface area contributed by atoms with Crippen molar-refractivity contribution in [3.8, 4) is 0 Å². The molecule has 0 rings (SSSR count). The van der Waals surface area contributed by atoms with Crippen LogP contribution in [0, 0.1) is 0 Å². The van der Waals surface area contributed by atoms with E-state index < -0.39 is 17.8 Å². The monoisotopic (exact) mass is 354 g/mol. The number of nitrogens with one attached hydrogen (secondary N) is 2. The molecule has 6 nitrogen and oxygen atoms in total. The van der Waals surface area contributed by atoms with Gasteiger partial charge in [0.05, 0.1) is 6.61 Å². The van der Waals surface area contributed by atoms with Crippen molar-refractivity contribution < 1.29 is 19.1 Å². The summed E-state index contributed by atoms with van der Waals surface area (Å²) in [5.41, 5.74) is 4.28. The van der Waals surface area contributed by atoms with Crippen LogP contribution in [-0.4, -0.2) is 24.4 Å². The Balaban J connectivity index is 3.44. The quantitative estimate of drug-likeness (QED) is 0.174. The van der Waals surface area contributed by atoms with Crippen molar-refractivity contribution in [2.45, 2.75) is 84.5 Å². The number of rotatable bonds is 13. The molecule has 0 heterocycles. The summed E-state index contributed by atoms with van der Waals surface area (Å²) in [7, 11) is 0. The Labute approximate surface area is 151 Å². The molecule has 0 fully saturated rings. The Bertz CT molecular complexity index is 422. The van der Waals surface area contributed by atoms with Gasteiger partial charge in [-0.15, -0.1) is 0 Å². The van der Waals surface area contributed by atoms with Gasteiger partial charge in [0.2, 0.25) is 0 Å². The standard InChI is InChI=1S/C19H34N2O4/c1-4-5-6-7-8-9-10-11-12-13-14-15-25-19(24)18(23)21-20-17(22)16(2)3/h2,4-15H2,1,3H3,(H,20,22)(H,21,23). The summed E-state index contributed by atoms with van der Waals surface area (Å²) >= 11 is 0. The zero-order chi connectivity index (χ0) is 18.9. The molecule has 0 saturated heterocycles. The fraction of sp³-hybridized carbons (Fsp3) is 0.737. The zero-order valence-corrected chi connectivity index (χ0v) is 15.8. The third kappa shape index (κ3) is 14.2. The highest BCUT2D eigenvalue weighted by molar-refractivity contribution is 6.32. The van der Waals surface area contributed by atoms with E-state index in [2.05, 4.69) is 18.9 Å².